The number of ketones is 1. The lowest BCUT2D eigenvalue weighted by Gasteiger charge is -2.25. The number of Topliss-reactive ketones (excluding diaryl/α,β-unsaturated/α-hetero) is 1. The molecule has 0 radical (unpaired) electrons. The quantitative estimate of drug-likeness (QED) is 0.668. The fourth-order valence-corrected chi connectivity index (χ4v) is 1.38. The molecule has 0 spiro atoms. The summed E-state index contributed by atoms with van der Waals surface area (Å²) in [6.45, 7) is 4.81. The zero-order valence-corrected chi connectivity index (χ0v) is 8.78. The highest BCUT2D eigenvalue weighted by Crippen LogP contribution is 2.06. The smallest absolute Gasteiger partial charge is 0.248 e. The predicted molar refractivity (Wildman–Crippen MR) is 51.9 cm³/mol. The molecular weight excluding hydrogens is 182 g/mol. The van der Waals surface area contributed by atoms with Crippen LogP contribution in [0.1, 0.15) is 26.7 Å². The zero-order chi connectivity index (χ0) is 10.6. The van der Waals surface area contributed by atoms with Gasteiger partial charge in [0, 0.05) is 13.0 Å². The lowest BCUT2D eigenvalue weighted by molar-refractivity contribution is -0.142. The van der Waals surface area contributed by atoms with Gasteiger partial charge in [-0.05, 0) is 20.3 Å². The predicted octanol–water partition coefficient (Wildman–Crippen LogP) is 0.603. The summed E-state index contributed by atoms with van der Waals surface area (Å²) in [5, 5.41) is 0. The molecule has 0 aromatic carbocycles. The first-order valence-electron chi connectivity index (χ1n) is 5.00. The summed E-state index contributed by atoms with van der Waals surface area (Å²) in [5.74, 6) is 0.0703. The first-order valence-corrected chi connectivity index (χ1v) is 5.00. The van der Waals surface area contributed by atoms with E-state index in [1.165, 1.54) is 0 Å². The number of carbonyl (C=O) groups excluding carboxylic acids is 2. The van der Waals surface area contributed by atoms with Crippen LogP contribution in [0, 0.1) is 0 Å². The van der Waals surface area contributed by atoms with E-state index in [0.29, 0.717) is 13.0 Å². The Balaban J connectivity index is 2.32. The Morgan fingerprint density at radius 1 is 1.57 bits per heavy atom. The largest absolute Gasteiger partial charge is 0.369 e. The molecule has 0 bridgehead atoms. The third-order valence-electron chi connectivity index (χ3n) is 2.14. The van der Waals surface area contributed by atoms with E-state index in [2.05, 4.69) is 0 Å². The molecule has 1 aliphatic rings. The van der Waals surface area contributed by atoms with Gasteiger partial charge in [0.2, 0.25) is 5.91 Å². The third kappa shape index (κ3) is 3.46. The highest BCUT2D eigenvalue weighted by Gasteiger charge is 2.21. The molecular formula is C10H17NO3. The summed E-state index contributed by atoms with van der Waals surface area (Å²) in [6.07, 6.45) is 1.44. The molecule has 14 heavy (non-hydrogen) atoms. The van der Waals surface area contributed by atoms with Crippen LogP contribution in [0.2, 0.25) is 0 Å². The van der Waals surface area contributed by atoms with Crippen LogP contribution in [0.5, 0.6) is 0 Å². The second-order valence-electron chi connectivity index (χ2n) is 3.82. The first kappa shape index (κ1) is 11.2. The van der Waals surface area contributed by atoms with Gasteiger partial charge in [-0.2, -0.15) is 0 Å². The van der Waals surface area contributed by atoms with Crippen LogP contribution in [0.3, 0.4) is 0 Å². The Kier molecular flexibility index (Phi) is 4.07. The van der Waals surface area contributed by atoms with Crippen molar-refractivity contribution in [2.45, 2.75) is 32.8 Å². The molecule has 0 aromatic heterocycles. The number of amides is 1. The molecule has 0 aromatic rings. The summed E-state index contributed by atoms with van der Waals surface area (Å²) >= 11 is 0. The van der Waals surface area contributed by atoms with E-state index in [1.54, 1.807) is 4.90 Å². The van der Waals surface area contributed by atoms with Crippen LogP contribution in [-0.4, -0.2) is 42.4 Å². The molecule has 80 valence electrons. The summed E-state index contributed by atoms with van der Waals surface area (Å²) in [4.78, 5) is 24.2. The van der Waals surface area contributed by atoms with Gasteiger partial charge in [-0.1, -0.05) is 0 Å². The molecule has 0 N–H and O–H groups in total. The Hall–Kier alpha value is -0.900. The summed E-state index contributed by atoms with van der Waals surface area (Å²) in [6, 6.07) is 0. The minimum atomic E-state index is -0.0771. The molecule has 4 nitrogen and oxygen atoms in total. The van der Waals surface area contributed by atoms with Crippen LogP contribution in [-0.2, 0) is 14.3 Å². The van der Waals surface area contributed by atoms with Gasteiger partial charge in [-0.15, -0.1) is 0 Å². The van der Waals surface area contributed by atoms with E-state index in [9.17, 15) is 9.59 Å². The lowest BCUT2D eigenvalue weighted by atomic mass is 10.1. The highest BCUT2D eigenvalue weighted by molar-refractivity contribution is 5.87. The van der Waals surface area contributed by atoms with Gasteiger partial charge >= 0.3 is 0 Å². The van der Waals surface area contributed by atoms with Crippen LogP contribution in [0.15, 0.2) is 0 Å². The number of hydrogen-bond acceptors (Lipinski definition) is 3. The van der Waals surface area contributed by atoms with Gasteiger partial charge in [-0.3, -0.25) is 9.59 Å². The number of rotatable bonds is 3. The van der Waals surface area contributed by atoms with Gasteiger partial charge < -0.3 is 9.64 Å². The van der Waals surface area contributed by atoms with Crippen molar-refractivity contribution < 1.29 is 14.3 Å². The van der Waals surface area contributed by atoms with Crippen molar-refractivity contribution >= 4 is 11.7 Å². The van der Waals surface area contributed by atoms with Crippen molar-refractivity contribution in [2.24, 2.45) is 0 Å². The van der Waals surface area contributed by atoms with Crippen molar-refractivity contribution in [1.29, 1.82) is 0 Å². The minimum absolute atomic E-state index is 0.0550. The molecule has 4 heteroatoms. The number of nitrogens with zero attached hydrogens (tertiary/aromatic N) is 1. The second-order valence-corrected chi connectivity index (χ2v) is 3.82. The molecule has 1 saturated heterocycles. The fraction of sp³-hybridized carbons (Fsp3) is 0.800. The topological polar surface area (TPSA) is 46.6 Å². The zero-order valence-electron chi connectivity index (χ0n) is 8.78. The van der Waals surface area contributed by atoms with Crippen LogP contribution < -0.4 is 0 Å². The molecule has 1 aliphatic heterocycles. The molecule has 1 heterocycles. The average molecular weight is 199 g/mol. The number of piperidine rings is 1. The third-order valence-corrected chi connectivity index (χ3v) is 2.14. The SMILES string of the molecule is CC(C)OCC(=O)N1CCCC(=O)C1. The Morgan fingerprint density at radius 2 is 2.29 bits per heavy atom. The van der Waals surface area contributed by atoms with E-state index in [4.69, 9.17) is 4.74 Å². The number of carbonyl (C=O) groups is 2. The van der Waals surface area contributed by atoms with E-state index in [-0.39, 0.29) is 30.9 Å². The second kappa shape index (κ2) is 5.10. The van der Waals surface area contributed by atoms with Crippen LogP contribution in [0.4, 0.5) is 0 Å². The number of likely N-dealkylation sites (tertiary alicyclic amines) is 1. The van der Waals surface area contributed by atoms with E-state index in [1.807, 2.05) is 13.8 Å². The molecule has 1 amide bonds. The maximum Gasteiger partial charge on any atom is 0.248 e. The first-order chi connectivity index (χ1) is 6.59. The van der Waals surface area contributed by atoms with Crippen molar-refractivity contribution in [2.75, 3.05) is 19.7 Å². The standard InChI is InChI=1S/C10H17NO3/c1-8(2)14-7-10(13)11-5-3-4-9(12)6-11/h8H,3-7H2,1-2H3. The molecule has 0 unspecified atom stereocenters. The maximum atomic E-state index is 11.5. The van der Waals surface area contributed by atoms with Gasteiger partial charge in [-0.25, -0.2) is 0 Å². The van der Waals surface area contributed by atoms with E-state index < -0.39 is 0 Å². The molecule has 0 atom stereocenters. The summed E-state index contributed by atoms with van der Waals surface area (Å²) in [5.41, 5.74) is 0. The number of ether oxygens (including phenoxy) is 1. The van der Waals surface area contributed by atoms with Crippen molar-refractivity contribution in [3.8, 4) is 0 Å². The van der Waals surface area contributed by atoms with Gasteiger partial charge in [0.15, 0.2) is 5.78 Å². The van der Waals surface area contributed by atoms with E-state index >= 15 is 0 Å². The summed E-state index contributed by atoms with van der Waals surface area (Å²) in [7, 11) is 0. The van der Waals surface area contributed by atoms with Crippen molar-refractivity contribution in [3.05, 3.63) is 0 Å². The average Bonchev–Trinajstić information content (AvgIpc) is 2.14. The Morgan fingerprint density at radius 3 is 2.86 bits per heavy atom. The molecule has 1 fully saturated rings. The van der Waals surface area contributed by atoms with Crippen LogP contribution >= 0.6 is 0 Å². The fourth-order valence-electron chi connectivity index (χ4n) is 1.38. The summed E-state index contributed by atoms with van der Waals surface area (Å²) < 4.78 is 5.19. The lowest BCUT2D eigenvalue weighted by Crippen LogP contribution is -2.42. The van der Waals surface area contributed by atoms with Crippen molar-refractivity contribution in [1.82, 2.24) is 4.90 Å². The molecule has 0 aliphatic carbocycles. The van der Waals surface area contributed by atoms with Gasteiger partial charge in [0.1, 0.15) is 6.61 Å². The monoisotopic (exact) mass is 199 g/mol. The normalized spacial score (nSPS) is 17.6. The minimum Gasteiger partial charge on any atom is -0.369 e. The molecule has 1 rings (SSSR count). The van der Waals surface area contributed by atoms with E-state index in [0.717, 1.165) is 6.42 Å². The van der Waals surface area contributed by atoms with Crippen molar-refractivity contribution in [3.63, 3.8) is 0 Å². The number of hydrogen-bond donors (Lipinski definition) is 0. The Bertz CT molecular complexity index is 225. The van der Waals surface area contributed by atoms with Gasteiger partial charge in [0.25, 0.3) is 0 Å². The van der Waals surface area contributed by atoms with Gasteiger partial charge in [0.05, 0.1) is 12.6 Å². The highest BCUT2D eigenvalue weighted by atomic mass is 16.5. The molecule has 0 saturated carbocycles. The maximum absolute atomic E-state index is 11.5. The van der Waals surface area contributed by atoms with Crippen LogP contribution in [0.25, 0.3) is 0 Å². The Labute approximate surface area is 84.2 Å².